The lowest BCUT2D eigenvalue weighted by atomic mass is 10.1. The molecule has 0 aromatic heterocycles. The molecule has 0 spiro atoms. The molecule has 0 saturated carbocycles. The molecule has 106 valence electrons. The van der Waals surface area contributed by atoms with Gasteiger partial charge in [0.15, 0.2) is 0 Å². The van der Waals surface area contributed by atoms with Gasteiger partial charge >= 0.3 is 0 Å². The number of hydrogen-bond donors (Lipinski definition) is 2. The normalized spacial score (nSPS) is 12.3. The van der Waals surface area contributed by atoms with Crippen LogP contribution in [-0.2, 0) is 6.42 Å². The van der Waals surface area contributed by atoms with E-state index in [1.165, 1.54) is 10.5 Å². The summed E-state index contributed by atoms with van der Waals surface area (Å²) in [7, 11) is 0. The molecule has 3 N–H and O–H groups in total. The van der Waals surface area contributed by atoms with E-state index < -0.39 is 6.10 Å². The van der Waals surface area contributed by atoms with Crippen molar-refractivity contribution in [2.24, 2.45) is 5.73 Å². The van der Waals surface area contributed by atoms with Gasteiger partial charge in [0.2, 0.25) is 0 Å². The first kappa shape index (κ1) is 15.1. The molecule has 2 nitrogen and oxygen atoms in total. The minimum absolute atomic E-state index is 0.449. The molecule has 1 atom stereocenters. The lowest BCUT2D eigenvalue weighted by Crippen LogP contribution is -2.06. The van der Waals surface area contributed by atoms with Crippen LogP contribution in [0, 0.1) is 0 Å². The van der Waals surface area contributed by atoms with Crippen LogP contribution in [0.15, 0.2) is 59.5 Å². The van der Waals surface area contributed by atoms with E-state index in [0.29, 0.717) is 13.0 Å². The fraction of sp³-hybridized carbons (Fsp3) is 0.294. The van der Waals surface area contributed by atoms with Crippen molar-refractivity contribution < 1.29 is 5.11 Å². The number of aliphatic hydroxyl groups is 1. The van der Waals surface area contributed by atoms with E-state index >= 15 is 0 Å². The lowest BCUT2D eigenvalue weighted by Gasteiger charge is -2.11. The average molecular weight is 287 g/mol. The first-order chi connectivity index (χ1) is 9.79. The van der Waals surface area contributed by atoms with Gasteiger partial charge in [0.05, 0.1) is 6.10 Å². The molecule has 20 heavy (non-hydrogen) atoms. The predicted octanol–water partition coefficient (Wildman–Crippen LogP) is 3.40. The van der Waals surface area contributed by atoms with Crippen LogP contribution in [0.4, 0.5) is 0 Å². The predicted molar refractivity (Wildman–Crippen MR) is 85.9 cm³/mol. The SMILES string of the molecule is NCCC(O)c1cccc(SCCc2ccccc2)c1. The summed E-state index contributed by atoms with van der Waals surface area (Å²) in [6, 6.07) is 18.6. The van der Waals surface area contributed by atoms with Crippen molar-refractivity contribution in [3.8, 4) is 0 Å². The molecular formula is C17H21NOS. The molecule has 0 aliphatic heterocycles. The van der Waals surface area contributed by atoms with E-state index in [1.807, 2.05) is 30.0 Å². The zero-order valence-electron chi connectivity index (χ0n) is 11.5. The van der Waals surface area contributed by atoms with Gasteiger partial charge in [0.1, 0.15) is 0 Å². The Kier molecular flexibility index (Phi) is 6.12. The van der Waals surface area contributed by atoms with E-state index in [1.54, 1.807) is 0 Å². The molecule has 3 heteroatoms. The monoisotopic (exact) mass is 287 g/mol. The highest BCUT2D eigenvalue weighted by molar-refractivity contribution is 7.99. The van der Waals surface area contributed by atoms with E-state index in [-0.39, 0.29) is 0 Å². The summed E-state index contributed by atoms with van der Waals surface area (Å²) >= 11 is 1.82. The van der Waals surface area contributed by atoms with Crippen LogP contribution >= 0.6 is 11.8 Å². The number of nitrogens with two attached hydrogens (primary N) is 1. The Morgan fingerprint density at radius 2 is 1.85 bits per heavy atom. The molecule has 0 heterocycles. The van der Waals surface area contributed by atoms with Gasteiger partial charge in [-0.25, -0.2) is 0 Å². The molecule has 0 fully saturated rings. The maximum Gasteiger partial charge on any atom is 0.0802 e. The van der Waals surface area contributed by atoms with Gasteiger partial charge in [-0.05, 0) is 42.6 Å². The van der Waals surface area contributed by atoms with E-state index in [4.69, 9.17) is 5.73 Å². The molecule has 0 radical (unpaired) electrons. The Hall–Kier alpha value is -1.29. The second kappa shape index (κ2) is 8.10. The molecule has 0 amide bonds. The quantitative estimate of drug-likeness (QED) is 0.767. The van der Waals surface area contributed by atoms with Gasteiger partial charge in [0.25, 0.3) is 0 Å². The second-order valence-electron chi connectivity index (χ2n) is 4.75. The molecule has 0 bridgehead atoms. The number of thioether (sulfide) groups is 1. The van der Waals surface area contributed by atoms with Gasteiger partial charge < -0.3 is 10.8 Å². The van der Waals surface area contributed by atoms with E-state index in [9.17, 15) is 5.11 Å². The molecule has 2 aromatic rings. The Bertz CT molecular complexity index is 515. The third kappa shape index (κ3) is 4.67. The molecule has 0 aliphatic rings. The largest absolute Gasteiger partial charge is 0.388 e. The number of rotatable bonds is 7. The zero-order chi connectivity index (χ0) is 14.2. The summed E-state index contributed by atoms with van der Waals surface area (Å²) in [5.41, 5.74) is 7.80. The topological polar surface area (TPSA) is 46.2 Å². The Balaban J connectivity index is 1.88. The van der Waals surface area contributed by atoms with Crippen LogP contribution in [0.3, 0.4) is 0 Å². The van der Waals surface area contributed by atoms with Crippen molar-refractivity contribution in [1.82, 2.24) is 0 Å². The van der Waals surface area contributed by atoms with Crippen LogP contribution in [0.2, 0.25) is 0 Å². The Morgan fingerprint density at radius 1 is 1.05 bits per heavy atom. The summed E-state index contributed by atoms with van der Waals surface area (Å²) in [6.45, 7) is 0.506. The van der Waals surface area contributed by atoms with Crippen LogP contribution in [0.5, 0.6) is 0 Å². The third-order valence-corrected chi connectivity index (χ3v) is 4.18. The van der Waals surface area contributed by atoms with E-state index in [0.717, 1.165) is 17.7 Å². The van der Waals surface area contributed by atoms with Crippen molar-refractivity contribution >= 4 is 11.8 Å². The third-order valence-electron chi connectivity index (χ3n) is 3.19. The van der Waals surface area contributed by atoms with Gasteiger partial charge in [-0.3, -0.25) is 0 Å². The number of aliphatic hydroxyl groups excluding tert-OH is 1. The van der Waals surface area contributed by atoms with Crippen LogP contribution < -0.4 is 5.73 Å². The fourth-order valence-electron chi connectivity index (χ4n) is 2.07. The standard InChI is InChI=1S/C17H21NOS/c18-11-9-17(19)15-7-4-8-16(13-15)20-12-10-14-5-2-1-3-6-14/h1-8,13,17,19H,9-12,18H2. The number of aryl methyl sites for hydroxylation is 1. The maximum absolute atomic E-state index is 9.96. The fourth-order valence-corrected chi connectivity index (χ4v) is 3.04. The van der Waals surface area contributed by atoms with Crippen LogP contribution in [0.25, 0.3) is 0 Å². The summed E-state index contributed by atoms with van der Waals surface area (Å²) in [5.74, 6) is 1.04. The lowest BCUT2D eigenvalue weighted by molar-refractivity contribution is 0.170. The molecule has 0 saturated heterocycles. The van der Waals surface area contributed by atoms with Crippen LogP contribution in [0.1, 0.15) is 23.7 Å². The second-order valence-corrected chi connectivity index (χ2v) is 5.92. The minimum atomic E-state index is -0.449. The summed E-state index contributed by atoms with van der Waals surface area (Å²) < 4.78 is 0. The first-order valence-corrected chi connectivity index (χ1v) is 7.93. The summed E-state index contributed by atoms with van der Waals surface area (Å²) in [4.78, 5) is 1.20. The van der Waals surface area contributed by atoms with Crippen molar-refractivity contribution in [3.05, 3.63) is 65.7 Å². The van der Waals surface area contributed by atoms with Crippen LogP contribution in [-0.4, -0.2) is 17.4 Å². The Morgan fingerprint density at radius 3 is 2.60 bits per heavy atom. The summed E-state index contributed by atoms with van der Waals surface area (Å²) in [6.07, 6.45) is 1.22. The van der Waals surface area contributed by atoms with Gasteiger partial charge in [-0.15, -0.1) is 11.8 Å². The van der Waals surface area contributed by atoms with Gasteiger partial charge in [-0.1, -0.05) is 42.5 Å². The summed E-state index contributed by atoms with van der Waals surface area (Å²) in [5, 5.41) is 9.96. The first-order valence-electron chi connectivity index (χ1n) is 6.94. The number of hydrogen-bond acceptors (Lipinski definition) is 3. The average Bonchev–Trinajstić information content (AvgIpc) is 2.49. The molecule has 0 aliphatic carbocycles. The minimum Gasteiger partial charge on any atom is -0.388 e. The zero-order valence-corrected chi connectivity index (χ0v) is 12.4. The number of benzene rings is 2. The molecule has 1 unspecified atom stereocenters. The van der Waals surface area contributed by atoms with Crippen molar-refractivity contribution in [3.63, 3.8) is 0 Å². The van der Waals surface area contributed by atoms with Gasteiger partial charge in [-0.2, -0.15) is 0 Å². The smallest absolute Gasteiger partial charge is 0.0802 e. The Labute approximate surface area is 125 Å². The highest BCUT2D eigenvalue weighted by Gasteiger charge is 2.06. The van der Waals surface area contributed by atoms with Crippen molar-refractivity contribution in [2.45, 2.75) is 23.8 Å². The highest BCUT2D eigenvalue weighted by atomic mass is 32.2. The molecule has 2 aromatic carbocycles. The van der Waals surface area contributed by atoms with Crippen molar-refractivity contribution in [1.29, 1.82) is 0 Å². The van der Waals surface area contributed by atoms with Crippen molar-refractivity contribution in [2.75, 3.05) is 12.3 Å². The maximum atomic E-state index is 9.96. The van der Waals surface area contributed by atoms with E-state index in [2.05, 4.69) is 36.4 Å². The highest BCUT2D eigenvalue weighted by Crippen LogP contribution is 2.24. The molecule has 2 rings (SSSR count). The molecular weight excluding hydrogens is 266 g/mol. The van der Waals surface area contributed by atoms with Gasteiger partial charge in [0, 0.05) is 10.6 Å².